The van der Waals surface area contributed by atoms with E-state index >= 15 is 0 Å². The van der Waals surface area contributed by atoms with Crippen LogP contribution in [0.1, 0.15) is 23.4 Å². The molecular weight excluding hydrogens is 342 g/mol. The van der Waals surface area contributed by atoms with Crippen LogP contribution >= 0.6 is 11.3 Å². The summed E-state index contributed by atoms with van der Waals surface area (Å²) in [6, 6.07) is 20.2. The minimum absolute atomic E-state index is 0.0391. The first-order valence-corrected chi connectivity index (χ1v) is 9.75. The van der Waals surface area contributed by atoms with Crippen LogP contribution in [0.4, 0.5) is 0 Å². The molecule has 0 radical (unpaired) electrons. The fraction of sp³-hybridized carbons (Fsp3) is 0.227. The summed E-state index contributed by atoms with van der Waals surface area (Å²) in [4.78, 5) is 16.1. The van der Waals surface area contributed by atoms with Gasteiger partial charge in [-0.25, -0.2) is 0 Å². The Morgan fingerprint density at radius 1 is 1.12 bits per heavy atom. The van der Waals surface area contributed by atoms with Crippen LogP contribution in [0.5, 0.6) is 5.75 Å². The number of hydrogen-bond donors (Lipinski definition) is 0. The van der Waals surface area contributed by atoms with Gasteiger partial charge in [0.1, 0.15) is 5.75 Å². The van der Waals surface area contributed by atoms with Crippen molar-refractivity contribution < 1.29 is 9.53 Å². The second kappa shape index (κ2) is 7.34. The van der Waals surface area contributed by atoms with Crippen molar-refractivity contribution in [3.8, 4) is 16.9 Å². The number of fused-ring (bicyclic) bond motifs is 1. The van der Waals surface area contributed by atoms with Crippen molar-refractivity contribution in [3.05, 3.63) is 76.5 Å². The van der Waals surface area contributed by atoms with Gasteiger partial charge in [0, 0.05) is 17.0 Å². The lowest BCUT2D eigenvalue weighted by Gasteiger charge is -2.33. The zero-order valence-electron chi connectivity index (χ0n) is 14.7. The number of rotatable bonds is 4. The summed E-state index contributed by atoms with van der Waals surface area (Å²) < 4.78 is 5.94. The lowest BCUT2D eigenvalue weighted by molar-refractivity contribution is -0.135. The van der Waals surface area contributed by atoms with Crippen LogP contribution in [0.15, 0.2) is 66.0 Å². The number of ether oxygens (including phenoxy) is 1. The van der Waals surface area contributed by atoms with Crippen molar-refractivity contribution in [1.29, 1.82) is 0 Å². The van der Waals surface area contributed by atoms with E-state index in [9.17, 15) is 4.79 Å². The van der Waals surface area contributed by atoms with Gasteiger partial charge in [-0.3, -0.25) is 4.79 Å². The van der Waals surface area contributed by atoms with Crippen LogP contribution < -0.4 is 4.74 Å². The normalized spacial score (nSPS) is 16.2. The van der Waals surface area contributed by atoms with Gasteiger partial charge in [-0.1, -0.05) is 48.5 Å². The Kier molecular flexibility index (Phi) is 4.76. The maximum absolute atomic E-state index is 12.8. The number of benzene rings is 2. The molecule has 1 aliphatic rings. The Balaban J connectivity index is 1.48. The van der Waals surface area contributed by atoms with Gasteiger partial charge in [-0.05, 0) is 42.0 Å². The summed E-state index contributed by atoms with van der Waals surface area (Å²) in [5.74, 6) is 0.783. The van der Waals surface area contributed by atoms with E-state index < -0.39 is 0 Å². The summed E-state index contributed by atoms with van der Waals surface area (Å²) in [6.07, 6.45) is 0.934. The van der Waals surface area contributed by atoms with E-state index in [-0.39, 0.29) is 18.6 Å². The maximum atomic E-state index is 12.8. The van der Waals surface area contributed by atoms with Crippen LogP contribution in [0.25, 0.3) is 11.1 Å². The summed E-state index contributed by atoms with van der Waals surface area (Å²) in [5.41, 5.74) is 3.37. The summed E-state index contributed by atoms with van der Waals surface area (Å²) in [5, 5.41) is 2.11. The highest BCUT2D eigenvalue weighted by molar-refractivity contribution is 7.10. The summed E-state index contributed by atoms with van der Waals surface area (Å²) >= 11 is 1.78. The highest BCUT2D eigenvalue weighted by atomic mass is 32.1. The van der Waals surface area contributed by atoms with E-state index in [0.717, 1.165) is 29.8 Å². The number of para-hydroxylation sites is 1. The number of hydrogen-bond acceptors (Lipinski definition) is 3. The van der Waals surface area contributed by atoms with E-state index in [0.29, 0.717) is 0 Å². The molecule has 0 aliphatic carbocycles. The van der Waals surface area contributed by atoms with Crippen molar-refractivity contribution in [2.45, 2.75) is 19.4 Å². The van der Waals surface area contributed by atoms with Crippen molar-refractivity contribution in [3.63, 3.8) is 0 Å². The second-order valence-electron chi connectivity index (χ2n) is 6.46. The van der Waals surface area contributed by atoms with Crippen molar-refractivity contribution >= 4 is 17.2 Å². The minimum Gasteiger partial charge on any atom is -0.483 e. The van der Waals surface area contributed by atoms with E-state index in [1.165, 1.54) is 10.4 Å². The van der Waals surface area contributed by atoms with Crippen molar-refractivity contribution in [2.24, 2.45) is 0 Å². The molecule has 0 bridgehead atoms. The van der Waals surface area contributed by atoms with Crippen LogP contribution in [0, 0.1) is 0 Å². The molecule has 0 spiro atoms. The molecule has 2 aromatic carbocycles. The van der Waals surface area contributed by atoms with Crippen LogP contribution in [-0.4, -0.2) is 24.0 Å². The molecule has 3 aromatic rings. The van der Waals surface area contributed by atoms with E-state index in [2.05, 4.69) is 30.5 Å². The average molecular weight is 363 g/mol. The first-order chi connectivity index (χ1) is 12.7. The van der Waals surface area contributed by atoms with Crippen LogP contribution in [0.2, 0.25) is 0 Å². The van der Waals surface area contributed by atoms with Crippen molar-refractivity contribution in [1.82, 2.24) is 4.90 Å². The molecule has 0 fully saturated rings. The Morgan fingerprint density at radius 2 is 1.88 bits per heavy atom. The predicted octanol–water partition coefficient (Wildman–Crippen LogP) is 4.94. The monoisotopic (exact) mass is 363 g/mol. The number of nitrogens with zero attached hydrogens (tertiary/aromatic N) is 1. The van der Waals surface area contributed by atoms with Crippen LogP contribution in [0.3, 0.4) is 0 Å². The van der Waals surface area contributed by atoms with Gasteiger partial charge in [-0.2, -0.15) is 0 Å². The largest absolute Gasteiger partial charge is 0.483 e. The molecule has 0 saturated heterocycles. The van der Waals surface area contributed by atoms with E-state index in [1.807, 2.05) is 47.4 Å². The quantitative estimate of drug-likeness (QED) is 0.657. The van der Waals surface area contributed by atoms with Crippen molar-refractivity contribution in [2.75, 3.05) is 13.2 Å². The van der Waals surface area contributed by atoms with Gasteiger partial charge in [0.15, 0.2) is 6.61 Å². The molecule has 4 rings (SSSR count). The predicted molar refractivity (Wildman–Crippen MR) is 106 cm³/mol. The van der Waals surface area contributed by atoms with Gasteiger partial charge in [0.25, 0.3) is 5.91 Å². The lowest BCUT2D eigenvalue weighted by atomic mass is 10.0. The SMILES string of the molecule is C[C@@H]1c2ccsc2CCN1C(=O)COc1ccccc1-c1ccccc1. The van der Waals surface area contributed by atoms with Gasteiger partial charge in [0.2, 0.25) is 0 Å². The minimum atomic E-state index is 0.0391. The molecule has 132 valence electrons. The molecule has 26 heavy (non-hydrogen) atoms. The molecule has 0 N–H and O–H groups in total. The highest BCUT2D eigenvalue weighted by Crippen LogP contribution is 2.33. The Hall–Kier alpha value is -2.59. The molecule has 2 heterocycles. The Labute approximate surface area is 157 Å². The number of carbonyl (C=O) groups excluding carboxylic acids is 1. The maximum Gasteiger partial charge on any atom is 0.261 e. The standard InChI is InChI=1S/C22H21NO2S/c1-16-18-12-14-26-21(18)11-13-23(16)22(24)15-25-20-10-6-5-9-19(20)17-7-3-2-4-8-17/h2-10,12,14,16H,11,13,15H2,1H3/t16-/m1/s1. The smallest absolute Gasteiger partial charge is 0.261 e. The molecule has 1 atom stereocenters. The first-order valence-electron chi connectivity index (χ1n) is 8.87. The molecule has 0 unspecified atom stereocenters. The van der Waals surface area contributed by atoms with Gasteiger partial charge in [0.05, 0.1) is 6.04 Å². The lowest BCUT2D eigenvalue weighted by Crippen LogP contribution is -2.40. The van der Waals surface area contributed by atoms with E-state index in [4.69, 9.17) is 4.74 Å². The highest BCUT2D eigenvalue weighted by Gasteiger charge is 2.28. The number of amides is 1. The van der Waals surface area contributed by atoms with Gasteiger partial charge in [-0.15, -0.1) is 11.3 Å². The van der Waals surface area contributed by atoms with Crippen LogP contribution in [-0.2, 0) is 11.2 Å². The fourth-order valence-electron chi connectivity index (χ4n) is 3.52. The first kappa shape index (κ1) is 16.9. The second-order valence-corrected chi connectivity index (χ2v) is 7.46. The molecule has 3 nitrogen and oxygen atoms in total. The zero-order chi connectivity index (χ0) is 17.9. The number of thiophene rings is 1. The van der Waals surface area contributed by atoms with Gasteiger partial charge >= 0.3 is 0 Å². The zero-order valence-corrected chi connectivity index (χ0v) is 15.5. The third kappa shape index (κ3) is 3.25. The summed E-state index contributed by atoms with van der Waals surface area (Å²) in [6.45, 7) is 2.92. The molecule has 1 aromatic heterocycles. The number of carbonyl (C=O) groups is 1. The third-order valence-electron chi connectivity index (χ3n) is 4.92. The molecule has 1 amide bonds. The third-order valence-corrected chi connectivity index (χ3v) is 5.92. The molecule has 1 aliphatic heterocycles. The topological polar surface area (TPSA) is 29.5 Å². The molecular formula is C22H21NO2S. The van der Waals surface area contributed by atoms with E-state index in [1.54, 1.807) is 11.3 Å². The molecule has 4 heteroatoms. The average Bonchev–Trinajstić information content (AvgIpc) is 3.17. The molecule has 0 saturated carbocycles. The fourth-order valence-corrected chi connectivity index (χ4v) is 4.48. The van der Waals surface area contributed by atoms with Gasteiger partial charge < -0.3 is 9.64 Å². The Bertz CT molecular complexity index is 903. The Morgan fingerprint density at radius 3 is 2.73 bits per heavy atom. The summed E-state index contributed by atoms with van der Waals surface area (Å²) in [7, 11) is 0.